The van der Waals surface area contributed by atoms with Gasteiger partial charge in [0, 0.05) is 19.2 Å². The maximum absolute atomic E-state index is 14.2. The van der Waals surface area contributed by atoms with E-state index >= 15 is 0 Å². The zero-order valence-corrected chi connectivity index (χ0v) is 11.9. The van der Waals surface area contributed by atoms with Gasteiger partial charge in [-0.05, 0) is 25.5 Å². The number of halogens is 1. The van der Waals surface area contributed by atoms with E-state index in [0.717, 1.165) is 6.42 Å². The van der Waals surface area contributed by atoms with Gasteiger partial charge >= 0.3 is 0 Å². The van der Waals surface area contributed by atoms with Gasteiger partial charge < -0.3 is 10.5 Å². The van der Waals surface area contributed by atoms with Crippen LogP contribution in [0.2, 0.25) is 0 Å². The Morgan fingerprint density at radius 1 is 1.62 bits per heavy atom. The van der Waals surface area contributed by atoms with E-state index < -0.39 is 17.3 Å². The summed E-state index contributed by atoms with van der Waals surface area (Å²) in [6.45, 7) is 1.05. The van der Waals surface area contributed by atoms with E-state index in [0.29, 0.717) is 18.5 Å². The maximum atomic E-state index is 14.2. The average Bonchev–Trinajstić information content (AvgIpc) is 2.86. The average molecular weight is 291 g/mol. The summed E-state index contributed by atoms with van der Waals surface area (Å²) in [5.74, 6) is -0.999. The molecule has 21 heavy (non-hydrogen) atoms. The molecule has 0 spiro atoms. The van der Waals surface area contributed by atoms with Gasteiger partial charge in [-0.15, -0.1) is 0 Å². The maximum Gasteiger partial charge on any atom is 0.240 e. The molecule has 1 saturated heterocycles. The van der Waals surface area contributed by atoms with Gasteiger partial charge in [-0.2, -0.15) is 5.26 Å². The zero-order chi connectivity index (χ0) is 15.5. The molecule has 1 aliphatic heterocycles. The zero-order valence-electron chi connectivity index (χ0n) is 11.9. The van der Waals surface area contributed by atoms with Gasteiger partial charge in [0.05, 0.1) is 12.2 Å². The third-order valence-corrected chi connectivity index (χ3v) is 4.03. The number of nitrogens with zero attached hydrogens (tertiary/aromatic N) is 2. The van der Waals surface area contributed by atoms with Gasteiger partial charge in [0.15, 0.2) is 0 Å². The van der Waals surface area contributed by atoms with E-state index in [2.05, 4.69) is 0 Å². The van der Waals surface area contributed by atoms with Crippen molar-refractivity contribution in [2.75, 3.05) is 20.3 Å². The second kappa shape index (κ2) is 6.20. The molecule has 6 heteroatoms. The molecule has 0 bridgehead atoms. The van der Waals surface area contributed by atoms with E-state index in [1.165, 1.54) is 13.2 Å². The minimum atomic E-state index is -0.899. The molecule has 2 N–H and O–H groups in total. The van der Waals surface area contributed by atoms with Crippen LogP contribution in [0.3, 0.4) is 0 Å². The monoisotopic (exact) mass is 291 g/mol. The lowest BCUT2D eigenvalue weighted by Gasteiger charge is -2.35. The largest absolute Gasteiger partial charge is 0.382 e. The molecular formula is C15H18FN3O2. The second-order valence-electron chi connectivity index (χ2n) is 5.24. The summed E-state index contributed by atoms with van der Waals surface area (Å²) in [7, 11) is 1.51. The molecule has 0 saturated carbocycles. The lowest BCUT2D eigenvalue weighted by atomic mass is 9.95. The standard InChI is InChI=1S/C15H18FN3O2/c1-21-10-15(14(18)20)6-3-7-19(15)9-12-5-2-4-11(8-17)13(12)16/h2,4-5H,3,6-7,9-10H2,1H3,(H2,18,20). The van der Waals surface area contributed by atoms with E-state index in [4.69, 9.17) is 15.7 Å². The first-order valence-corrected chi connectivity index (χ1v) is 6.76. The number of rotatable bonds is 5. The van der Waals surface area contributed by atoms with Crippen LogP contribution in [0.4, 0.5) is 4.39 Å². The first kappa shape index (κ1) is 15.4. The smallest absolute Gasteiger partial charge is 0.240 e. The molecule has 1 fully saturated rings. The number of carbonyl (C=O) groups is 1. The Labute approximate surface area is 123 Å². The van der Waals surface area contributed by atoms with Gasteiger partial charge in [0.2, 0.25) is 5.91 Å². The van der Waals surface area contributed by atoms with Crippen LogP contribution in [0.25, 0.3) is 0 Å². The molecule has 112 valence electrons. The molecule has 1 heterocycles. The molecular weight excluding hydrogens is 273 g/mol. The number of carbonyl (C=O) groups excluding carboxylic acids is 1. The van der Waals surface area contributed by atoms with Crippen molar-refractivity contribution in [3.8, 4) is 6.07 Å². The van der Waals surface area contributed by atoms with Crippen molar-refractivity contribution in [2.24, 2.45) is 5.73 Å². The first-order valence-electron chi connectivity index (χ1n) is 6.76. The summed E-state index contributed by atoms with van der Waals surface area (Å²) in [5.41, 5.74) is 5.04. The van der Waals surface area contributed by atoms with Crippen LogP contribution < -0.4 is 5.73 Å². The minimum absolute atomic E-state index is 0.00288. The Kier molecular flexibility index (Phi) is 4.56. The Morgan fingerprint density at radius 3 is 3.00 bits per heavy atom. The van der Waals surface area contributed by atoms with Crippen LogP contribution in [0.15, 0.2) is 18.2 Å². The molecule has 0 radical (unpaired) electrons. The quantitative estimate of drug-likeness (QED) is 0.883. The molecule has 2 rings (SSSR count). The number of amides is 1. The van der Waals surface area contributed by atoms with E-state index in [9.17, 15) is 9.18 Å². The van der Waals surface area contributed by atoms with Crippen LogP contribution >= 0.6 is 0 Å². The Bertz CT molecular complexity index is 585. The summed E-state index contributed by atoms with van der Waals surface area (Å²) in [5, 5.41) is 8.88. The molecule has 1 aromatic rings. The summed E-state index contributed by atoms with van der Waals surface area (Å²) >= 11 is 0. The summed E-state index contributed by atoms with van der Waals surface area (Å²) in [6, 6.07) is 6.50. The molecule has 1 aliphatic rings. The normalized spacial score (nSPS) is 22.1. The van der Waals surface area contributed by atoms with Gasteiger partial charge in [0.1, 0.15) is 17.4 Å². The Morgan fingerprint density at radius 2 is 2.38 bits per heavy atom. The lowest BCUT2D eigenvalue weighted by molar-refractivity contribution is -0.132. The number of hydrogen-bond acceptors (Lipinski definition) is 4. The summed E-state index contributed by atoms with van der Waals surface area (Å²) < 4.78 is 19.3. The van der Waals surface area contributed by atoms with Crippen molar-refractivity contribution in [3.05, 3.63) is 35.1 Å². The van der Waals surface area contributed by atoms with E-state index in [-0.39, 0.29) is 18.7 Å². The topological polar surface area (TPSA) is 79.3 Å². The number of likely N-dealkylation sites (tertiary alicyclic amines) is 1. The van der Waals surface area contributed by atoms with Crippen molar-refractivity contribution in [3.63, 3.8) is 0 Å². The molecule has 1 atom stereocenters. The Balaban J connectivity index is 2.30. The SMILES string of the molecule is COCC1(C(N)=O)CCCN1Cc1cccc(C#N)c1F. The molecule has 5 nitrogen and oxygen atoms in total. The van der Waals surface area contributed by atoms with Crippen LogP contribution in [0, 0.1) is 17.1 Å². The molecule has 1 amide bonds. The lowest BCUT2D eigenvalue weighted by Crippen LogP contribution is -2.56. The number of benzene rings is 1. The molecule has 0 aliphatic carbocycles. The van der Waals surface area contributed by atoms with Crippen molar-refractivity contribution >= 4 is 5.91 Å². The second-order valence-corrected chi connectivity index (χ2v) is 5.24. The van der Waals surface area contributed by atoms with E-state index in [1.807, 2.05) is 11.0 Å². The minimum Gasteiger partial charge on any atom is -0.382 e. The fraction of sp³-hybridized carbons (Fsp3) is 0.467. The van der Waals surface area contributed by atoms with Crippen molar-refractivity contribution in [1.29, 1.82) is 5.26 Å². The predicted octanol–water partition coefficient (Wildman–Crippen LogP) is 1.16. The Hall–Kier alpha value is -1.97. The van der Waals surface area contributed by atoms with E-state index in [1.54, 1.807) is 12.1 Å². The van der Waals surface area contributed by atoms with Gasteiger partial charge in [-0.25, -0.2) is 4.39 Å². The van der Waals surface area contributed by atoms with Gasteiger partial charge in [-0.3, -0.25) is 9.69 Å². The number of primary amides is 1. The molecule has 1 unspecified atom stereocenters. The number of hydrogen-bond donors (Lipinski definition) is 1. The molecule has 0 aromatic heterocycles. The first-order chi connectivity index (χ1) is 10.0. The summed E-state index contributed by atoms with van der Waals surface area (Å²) in [6.07, 6.45) is 1.39. The van der Waals surface area contributed by atoms with Crippen molar-refractivity contribution < 1.29 is 13.9 Å². The van der Waals surface area contributed by atoms with Gasteiger partial charge in [0.25, 0.3) is 0 Å². The van der Waals surface area contributed by atoms with Crippen LogP contribution in [-0.2, 0) is 16.1 Å². The highest BCUT2D eigenvalue weighted by molar-refractivity contribution is 5.85. The van der Waals surface area contributed by atoms with Gasteiger partial charge in [-0.1, -0.05) is 12.1 Å². The van der Waals surface area contributed by atoms with Crippen LogP contribution in [0.1, 0.15) is 24.0 Å². The van der Waals surface area contributed by atoms with Crippen LogP contribution in [-0.4, -0.2) is 36.6 Å². The number of nitriles is 1. The summed E-state index contributed by atoms with van der Waals surface area (Å²) in [4.78, 5) is 13.7. The van der Waals surface area contributed by atoms with Crippen LogP contribution in [0.5, 0.6) is 0 Å². The number of ether oxygens (including phenoxy) is 1. The third-order valence-electron chi connectivity index (χ3n) is 4.03. The highest BCUT2D eigenvalue weighted by atomic mass is 19.1. The number of nitrogens with two attached hydrogens (primary N) is 1. The molecule has 1 aromatic carbocycles. The van der Waals surface area contributed by atoms with Crippen molar-refractivity contribution in [2.45, 2.75) is 24.9 Å². The number of methoxy groups -OCH3 is 1. The highest BCUT2D eigenvalue weighted by Gasteiger charge is 2.46. The third kappa shape index (κ3) is 2.75. The fourth-order valence-corrected chi connectivity index (χ4v) is 2.91. The van der Waals surface area contributed by atoms with Crippen molar-refractivity contribution in [1.82, 2.24) is 4.90 Å². The highest BCUT2D eigenvalue weighted by Crippen LogP contribution is 2.31. The fourth-order valence-electron chi connectivity index (χ4n) is 2.91. The predicted molar refractivity (Wildman–Crippen MR) is 74.6 cm³/mol.